The van der Waals surface area contributed by atoms with Gasteiger partial charge < -0.3 is 82.7 Å². The zero-order valence-electron chi connectivity index (χ0n) is 41.3. The predicted molar refractivity (Wildman–Crippen MR) is 236 cm³/mol. The number of ether oxygens (including phenoxy) is 11. The molecule has 4 saturated heterocycles. The molecule has 0 aromatic carbocycles. The van der Waals surface area contributed by atoms with Crippen LogP contribution in [0.5, 0.6) is 0 Å². The Balaban J connectivity index is 0.846. The molecule has 19 heteroatoms. The van der Waals surface area contributed by atoms with Crippen molar-refractivity contribution in [1.82, 2.24) is 0 Å². The van der Waals surface area contributed by atoms with Crippen LogP contribution in [0.4, 0.5) is 0 Å². The van der Waals surface area contributed by atoms with Crippen LogP contribution in [0.15, 0.2) is 11.6 Å². The molecule has 0 aromatic heterocycles. The smallest absolute Gasteiger partial charge is 0.302 e. The first kappa shape index (κ1) is 52.6. The van der Waals surface area contributed by atoms with Crippen molar-refractivity contribution in [1.29, 1.82) is 0 Å². The Kier molecular flexibility index (Phi) is 15.1. The Bertz CT molecular complexity index is 1830. The molecule has 0 amide bonds. The van der Waals surface area contributed by atoms with Gasteiger partial charge in [-0.3, -0.25) is 9.59 Å². The van der Waals surface area contributed by atoms with E-state index in [1.165, 1.54) is 21.0 Å². The van der Waals surface area contributed by atoms with E-state index in [2.05, 4.69) is 6.92 Å². The van der Waals surface area contributed by atoms with E-state index in [1.54, 1.807) is 34.8 Å². The summed E-state index contributed by atoms with van der Waals surface area (Å²) < 4.78 is 67.4. The first-order valence-corrected chi connectivity index (χ1v) is 24.8. The van der Waals surface area contributed by atoms with Gasteiger partial charge in [0.2, 0.25) is 0 Å². The number of Topliss-reactive ketones (excluding diaryl/α,β-unsaturated/α-hetero) is 1. The number of aliphatic hydroxyl groups is 6. The predicted octanol–water partition coefficient (Wildman–Crippen LogP) is 2.23. The summed E-state index contributed by atoms with van der Waals surface area (Å²) in [6.07, 6.45) is -7.44. The fourth-order valence-corrected chi connectivity index (χ4v) is 13.9. The number of rotatable bonds is 12. The number of hydrogen-bond acceptors (Lipinski definition) is 19. The minimum Gasteiger partial charge on any atom is -0.462 e. The largest absolute Gasteiger partial charge is 0.462 e. The number of carbonyl (C=O) groups excluding carboxylic acids is 2. The van der Waals surface area contributed by atoms with Gasteiger partial charge in [0, 0.05) is 52.7 Å². The third-order valence-corrected chi connectivity index (χ3v) is 17.9. The second-order valence-corrected chi connectivity index (χ2v) is 21.6. The van der Waals surface area contributed by atoms with Crippen molar-refractivity contribution in [2.45, 2.75) is 253 Å². The molecule has 0 bridgehead atoms. The highest BCUT2D eigenvalue weighted by atomic mass is 16.8. The molecular formula is C49H78O19. The minimum atomic E-state index is -1.99. The molecule has 0 radical (unpaired) electrons. The molecule has 3 saturated carbocycles. The SMILES string of the molecule is COC1CC(OC2C(O)CC(OC3C(O)CC(OC4C(C)OC(OC5CCC6(C)C(=CCC7(O)C6CC(OC(C)=O)C6(C)C(O)(C(C)=O)CCC76O)C5)CC4OC)OC3C)OC2C)OC(C)C1O. The maximum absolute atomic E-state index is 13.0. The lowest BCUT2D eigenvalue weighted by molar-refractivity contribution is -0.345. The van der Waals surface area contributed by atoms with E-state index in [1.807, 2.05) is 13.0 Å². The molecule has 8 aliphatic rings. The monoisotopic (exact) mass is 971 g/mol. The van der Waals surface area contributed by atoms with Crippen LogP contribution in [0, 0.1) is 16.7 Å². The Hall–Kier alpha value is -1.76. The molecule has 0 spiro atoms. The van der Waals surface area contributed by atoms with Gasteiger partial charge >= 0.3 is 5.97 Å². The lowest BCUT2D eigenvalue weighted by Gasteiger charge is -2.67. The van der Waals surface area contributed by atoms with Crippen LogP contribution in [0.1, 0.15) is 126 Å². The molecule has 4 heterocycles. The van der Waals surface area contributed by atoms with Gasteiger partial charge in [-0.1, -0.05) is 18.6 Å². The number of carbonyl (C=O) groups is 2. The van der Waals surface area contributed by atoms with Gasteiger partial charge in [0.05, 0.1) is 60.4 Å². The molecule has 4 aliphatic heterocycles. The number of hydrogen-bond donors (Lipinski definition) is 6. The first-order valence-electron chi connectivity index (χ1n) is 24.8. The average molecular weight is 971 g/mol. The average Bonchev–Trinajstić information content (AvgIpc) is 3.50. The van der Waals surface area contributed by atoms with Crippen molar-refractivity contribution in [3.8, 4) is 0 Å². The van der Waals surface area contributed by atoms with E-state index >= 15 is 0 Å². The Morgan fingerprint density at radius 1 is 0.662 bits per heavy atom. The summed E-state index contributed by atoms with van der Waals surface area (Å²) in [5, 5.41) is 70.1. The molecule has 6 N–H and O–H groups in total. The number of methoxy groups -OCH3 is 2. The van der Waals surface area contributed by atoms with Crippen LogP contribution in [-0.2, 0) is 61.7 Å². The van der Waals surface area contributed by atoms with Gasteiger partial charge in [0.15, 0.2) is 30.9 Å². The summed E-state index contributed by atoms with van der Waals surface area (Å²) in [7, 11) is 3.12. The normalized spacial score (nSPS) is 52.8. The van der Waals surface area contributed by atoms with Crippen LogP contribution < -0.4 is 0 Å². The number of ketones is 1. The number of aliphatic hydroxyl groups excluding tert-OH is 3. The van der Waals surface area contributed by atoms with Crippen molar-refractivity contribution < 1.29 is 92.3 Å². The van der Waals surface area contributed by atoms with Crippen molar-refractivity contribution in [3.05, 3.63) is 11.6 Å². The van der Waals surface area contributed by atoms with E-state index < -0.39 is 150 Å². The lowest BCUT2D eigenvalue weighted by Crippen LogP contribution is -2.78. The molecule has 4 aliphatic carbocycles. The zero-order valence-corrected chi connectivity index (χ0v) is 41.3. The number of fused-ring (bicyclic) bond motifs is 5. The zero-order chi connectivity index (χ0) is 49.5. The molecule has 388 valence electrons. The molecule has 24 unspecified atom stereocenters. The van der Waals surface area contributed by atoms with Crippen LogP contribution in [0.2, 0.25) is 0 Å². The number of esters is 1. The standard InChI is InChI=1S/C49H78O19/c1-23-41(54)33(58-9)20-40(60-23)67-43-25(3)61-37(18-31(43)52)66-42-24(2)62-38(19-32(42)53)68-44-26(4)63-39(21-34(44)59-10)65-30-12-13-45(7)29(17-30)11-14-48(56)35(45)22-36(64-28(6)51)46(8)47(55,27(5)50)15-16-49(46,48)57/h11,23-26,30-44,52-57H,12-22H2,1-10H3. The van der Waals surface area contributed by atoms with Gasteiger partial charge in [-0.05, 0) is 91.9 Å². The molecule has 7 fully saturated rings. The molecule has 8 rings (SSSR count). The summed E-state index contributed by atoms with van der Waals surface area (Å²) >= 11 is 0. The maximum atomic E-state index is 13.0. The third kappa shape index (κ3) is 8.86. The first-order chi connectivity index (χ1) is 31.9. The summed E-state index contributed by atoms with van der Waals surface area (Å²) in [5.41, 5.74) is -6.79. The molecular weight excluding hydrogens is 893 g/mol. The summed E-state index contributed by atoms with van der Waals surface area (Å²) in [4.78, 5) is 25.5. The highest BCUT2D eigenvalue weighted by Crippen LogP contribution is 2.71. The third-order valence-electron chi connectivity index (χ3n) is 17.9. The minimum absolute atomic E-state index is 0.0279. The van der Waals surface area contributed by atoms with Gasteiger partial charge in [-0.2, -0.15) is 0 Å². The van der Waals surface area contributed by atoms with Gasteiger partial charge in [-0.15, -0.1) is 0 Å². The van der Waals surface area contributed by atoms with Crippen molar-refractivity contribution >= 4 is 11.8 Å². The lowest BCUT2D eigenvalue weighted by atomic mass is 9.42. The van der Waals surface area contributed by atoms with E-state index in [-0.39, 0.29) is 44.6 Å². The van der Waals surface area contributed by atoms with Gasteiger partial charge in [0.1, 0.15) is 47.3 Å². The van der Waals surface area contributed by atoms with Crippen LogP contribution in [0.3, 0.4) is 0 Å². The van der Waals surface area contributed by atoms with Crippen LogP contribution in [-0.4, -0.2) is 184 Å². The van der Waals surface area contributed by atoms with Gasteiger partial charge in [0.25, 0.3) is 0 Å². The Morgan fingerprint density at radius 2 is 1.18 bits per heavy atom. The van der Waals surface area contributed by atoms with Crippen LogP contribution in [0.25, 0.3) is 0 Å². The van der Waals surface area contributed by atoms with Crippen molar-refractivity contribution in [2.24, 2.45) is 16.7 Å². The summed E-state index contributed by atoms with van der Waals surface area (Å²) in [5.74, 6) is -1.67. The van der Waals surface area contributed by atoms with E-state index in [9.17, 15) is 40.2 Å². The highest BCUT2D eigenvalue weighted by molar-refractivity contribution is 5.87. The summed E-state index contributed by atoms with van der Waals surface area (Å²) in [6.45, 7) is 13.4. The maximum Gasteiger partial charge on any atom is 0.302 e. The topological polar surface area (TPSA) is 257 Å². The second kappa shape index (κ2) is 19.6. The van der Waals surface area contributed by atoms with Gasteiger partial charge in [-0.25, -0.2) is 0 Å². The van der Waals surface area contributed by atoms with Crippen molar-refractivity contribution in [3.63, 3.8) is 0 Å². The Morgan fingerprint density at radius 3 is 1.72 bits per heavy atom. The Labute approximate surface area is 399 Å². The quantitative estimate of drug-likeness (QED) is 0.121. The molecule has 68 heavy (non-hydrogen) atoms. The molecule has 0 aromatic rings. The molecule has 19 nitrogen and oxygen atoms in total. The molecule has 24 atom stereocenters. The second-order valence-electron chi connectivity index (χ2n) is 21.6. The fourth-order valence-electron chi connectivity index (χ4n) is 13.9. The van der Waals surface area contributed by atoms with E-state index in [4.69, 9.17) is 52.1 Å². The van der Waals surface area contributed by atoms with E-state index in [0.29, 0.717) is 32.1 Å². The van der Waals surface area contributed by atoms with E-state index in [0.717, 1.165) is 5.57 Å². The summed E-state index contributed by atoms with van der Waals surface area (Å²) in [6, 6.07) is 0. The van der Waals surface area contributed by atoms with Crippen molar-refractivity contribution in [2.75, 3.05) is 14.2 Å². The fraction of sp³-hybridized carbons (Fsp3) is 0.918. The van der Waals surface area contributed by atoms with Crippen LogP contribution >= 0.6 is 0 Å². The highest BCUT2D eigenvalue weighted by Gasteiger charge is 2.81.